The van der Waals surface area contributed by atoms with Gasteiger partial charge in [0.15, 0.2) is 11.2 Å². The van der Waals surface area contributed by atoms with Crippen LogP contribution in [0, 0.1) is 0 Å². The highest BCUT2D eigenvalue weighted by atomic mass is 16.5. The van der Waals surface area contributed by atoms with Crippen LogP contribution in [0.3, 0.4) is 0 Å². The van der Waals surface area contributed by atoms with Gasteiger partial charge in [0.2, 0.25) is 5.75 Å². The molecule has 0 saturated carbocycles. The number of fused-ring (bicyclic) bond motifs is 2. The van der Waals surface area contributed by atoms with E-state index in [0.29, 0.717) is 16.4 Å². The van der Waals surface area contributed by atoms with E-state index in [2.05, 4.69) is 0 Å². The van der Waals surface area contributed by atoms with Gasteiger partial charge in [-0.2, -0.15) is 0 Å². The molecule has 3 aromatic rings. The van der Waals surface area contributed by atoms with E-state index < -0.39 is 5.63 Å². The molecule has 0 unspecified atom stereocenters. The van der Waals surface area contributed by atoms with Crippen molar-refractivity contribution in [1.82, 2.24) is 0 Å². The van der Waals surface area contributed by atoms with Crippen molar-refractivity contribution in [2.45, 2.75) is 0 Å². The van der Waals surface area contributed by atoms with E-state index in [1.807, 2.05) is 0 Å². The number of methoxy groups -OCH3 is 1. The van der Waals surface area contributed by atoms with Gasteiger partial charge < -0.3 is 18.7 Å². The molecule has 0 spiro atoms. The van der Waals surface area contributed by atoms with Crippen LogP contribution >= 0.6 is 0 Å². The summed E-state index contributed by atoms with van der Waals surface area (Å²) < 4.78 is 15.3. The number of ether oxygens (including phenoxy) is 1. The Morgan fingerprint density at radius 3 is 2.71 bits per heavy atom. The van der Waals surface area contributed by atoms with E-state index in [0.717, 1.165) is 0 Å². The third kappa shape index (κ3) is 1.22. The fourth-order valence-electron chi connectivity index (χ4n) is 1.86. The predicted molar refractivity (Wildman–Crippen MR) is 58.3 cm³/mol. The van der Waals surface area contributed by atoms with Gasteiger partial charge in [-0.05, 0) is 12.1 Å². The number of hydrogen-bond acceptors (Lipinski definition) is 5. The zero-order valence-electron chi connectivity index (χ0n) is 8.85. The Bertz CT molecular complexity index is 765. The highest BCUT2D eigenvalue weighted by Crippen LogP contribution is 2.40. The lowest BCUT2D eigenvalue weighted by molar-refractivity contribution is -0.263. The molecule has 3 rings (SSSR count). The Kier molecular flexibility index (Phi) is 1.89. The molecule has 0 aliphatic rings. The summed E-state index contributed by atoms with van der Waals surface area (Å²) in [6.07, 6.45) is 1.39. The van der Waals surface area contributed by atoms with E-state index in [1.165, 1.54) is 25.5 Å². The number of hydrogen-bond donors (Lipinski definition) is 0. The second-order valence-corrected chi connectivity index (χ2v) is 3.52. The third-order valence-corrected chi connectivity index (χ3v) is 2.60. The molecular formula is C12H7O5-. The van der Waals surface area contributed by atoms with E-state index in [-0.39, 0.29) is 17.1 Å². The van der Waals surface area contributed by atoms with Crippen molar-refractivity contribution in [3.63, 3.8) is 0 Å². The lowest BCUT2D eigenvalue weighted by Crippen LogP contribution is -2.00. The Labute approximate surface area is 94.8 Å². The van der Waals surface area contributed by atoms with Crippen LogP contribution in [-0.4, -0.2) is 7.11 Å². The van der Waals surface area contributed by atoms with E-state index in [4.69, 9.17) is 13.6 Å². The number of furan rings is 1. The molecule has 17 heavy (non-hydrogen) atoms. The summed E-state index contributed by atoms with van der Waals surface area (Å²) >= 11 is 0. The van der Waals surface area contributed by atoms with Gasteiger partial charge in [-0.15, -0.1) is 0 Å². The van der Waals surface area contributed by atoms with Crippen LogP contribution < -0.4 is 15.5 Å². The molecule has 0 N–H and O–H groups in total. The summed E-state index contributed by atoms with van der Waals surface area (Å²) in [5.41, 5.74) is -0.132. The maximum Gasteiger partial charge on any atom is 0.336 e. The van der Waals surface area contributed by atoms with Crippen LogP contribution in [0.25, 0.3) is 21.9 Å². The molecule has 0 saturated heterocycles. The first-order chi connectivity index (χ1) is 8.22. The molecule has 86 valence electrons. The van der Waals surface area contributed by atoms with Crippen molar-refractivity contribution in [2.75, 3.05) is 7.11 Å². The quantitative estimate of drug-likeness (QED) is 0.595. The Morgan fingerprint density at radius 2 is 1.94 bits per heavy atom. The van der Waals surface area contributed by atoms with Crippen molar-refractivity contribution >= 4 is 21.9 Å². The summed E-state index contributed by atoms with van der Waals surface area (Å²) in [4.78, 5) is 11.2. The lowest BCUT2D eigenvalue weighted by atomic mass is 10.1. The van der Waals surface area contributed by atoms with E-state index >= 15 is 0 Å². The normalized spacial score (nSPS) is 11.1. The van der Waals surface area contributed by atoms with Crippen LogP contribution in [0.2, 0.25) is 0 Å². The first-order valence-corrected chi connectivity index (χ1v) is 4.90. The summed E-state index contributed by atoms with van der Waals surface area (Å²) in [7, 11) is 1.42. The third-order valence-electron chi connectivity index (χ3n) is 2.60. The zero-order valence-corrected chi connectivity index (χ0v) is 8.85. The van der Waals surface area contributed by atoms with Gasteiger partial charge in [0.05, 0.1) is 13.4 Å². The molecule has 1 aromatic carbocycles. The highest BCUT2D eigenvalue weighted by Gasteiger charge is 2.14. The second kappa shape index (κ2) is 3.28. The smallest absolute Gasteiger partial charge is 0.336 e. The summed E-state index contributed by atoms with van der Waals surface area (Å²) in [6.45, 7) is 0. The van der Waals surface area contributed by atoms with Crippen LogP contribution in [0.1, 0.15) is 0 Å². The fourth-order valence-corrected chi connectivity index (χ4v) is 1.86. The van der Waals surface area contributed by atoms with Gasteiger partial charge in [-0.3, -0.25) is 0 Å². The van der Waals surface area contributed by atoms with Crippen LogP contribution in [-0.2, 0) is 0 Å². The zero-order chi connectivity index (χ0) is 12.0. The van der Waals surface area contributed by atoms with Crippen molar-refractivity contribution in [3.05, 3.63) is 34.9 Å². The minimum absolute atomic E-state index is 0.118. The van der Waals surface area contributed by atoms with Gasteiger partial charge in [-0.25, -0.2) is 4.79 Å². The van der Waals surface area contributed by atoms with Gasteiger partial charge in [0.1, 0.15) is 0 Å². The van der Waals surface area contributed by atoms with Crippen LogP contribution in [0.15, 0.2) is 38.1 Å². The van der Waals surface area contributed by atoms with Gasteiger partial charge in [-0.1, -0.05) is 5.75 Å². The van der Waals surface area contributed by atoms with Gasteiger partial charge in [0.25, 0.3) is 0 Å². The number of benzene rings is 1. The monoisotopic (exact) mass is 231 g/mol. The summed E-state index contributed by atoms with van der Waals surface area (Å²) in [5.74, 6) is 0.0191. The number of rotatable bonds is 1. The minimum Gasteiger partial charge on any atom is -0.871 e. The minimum atomic E-state index is -0.541. The van der Waals surface area contributed by atoms with Crippen molar-refractivity contribution in [1.29, 1.82) is 0 Å². The highest BCUT2D eigenvalue weighted by molar-refractivity contribution is 6.05. The lowest BCUT2D eigenvalue weighted by Gasteiger charge is -2.13. The molecule has 0 aliphatic carbocycles. The SMILES string of the molecule is COc1c2occc2c([O-])c2ccc(=O)oc12. The average molecular weight is 231 g/mol. The summed E-state index contributed by atoms with van der Waals surface area (Å²) in [6, 6.07) is 4.19. The molecular weight excluding hydrogens is 224 g/mol. The molecule has 0 amide bonds. The first-order valence-electron chi connectivity index (χ1n) is 4.90. The topological polar surface area (TPSA) is 75.6 Å². The van der Waals surface area contributed by atoms with E-state index in [1.54, 1.807) is 6.07 Å². The first kappa shape index (κ1) is 9.77. The largest absolute Gasteiger partial charge is 0.871 e. The van der Waals surface area contributed by atoms with Crippen molar-refractivity contribution in [3.8, 4) is 11.5 Å². The molecule has 2 aromatic heterocycles. The predicted octanol–water partition coefficient (Wildman–Crippen LogP) is 1.62. The molecule has 0 radical (unpaired) electrons. The van der Waals surface area contributed by atoms with Crippen LogP contribution in [0.4, 0.5) is 0 Å². The molecule has 0 atom stereocenters. The van der Waals surface area contributed by atoms with Crippen molar-refractivity contribution < 1.29 is 18.7 Å². The molecule has 5 heteroatoms. The van der Waals surface area contributed by atoms with E-state index in [9.17, 15) is 9.90 Å². The fraction of sp³-hybridized carbons (Fsp3) is 0.0833. The molecule has 0 fully saturated rings. The second-order valence-electron chi connectivity index (χ2n) is 3.52. The molecule has 2 heterocycles. The standard InChI is InChI=1S/C12H8O5/c1-15-12-10-7(4-5-16-10)9(14)6-2-3-8(13)17-11(6)12/h2-5,14H,1H3/p-1. The van der Waals surface area contributed by atoms with Gasteiger partial charge in [0, 0.05) is 16.8 Å². The van der Waals surface area contributed by atoms with Crippen molar-refractivity contribution in [2.24, 2.45) is 0 Å². The van der Waals surface area contributed by atoms with Gasteiger partial charge >= 0.3 is 5.63 Å². The van der Waals surface area contributed by atoms with Crippen LogP contribution in [0.5, 0.6) is 11.5 Å². The molecule has 0 bridgehead atoms. The maximum atomic E-state index is 12.1. The maximum absolute atomic E-state index is 12.1. The molecule has 5 nitrogen and oxygen atoms in total. The Hall–Kier alpha value is -2.43. The summed E-state index contributed by atoms with van der Waals surface area (Å²) in [5, 5.41) is 12.8. The molecule has 0 aliphatic heterocycles. The Balaban J connectivity index is 2.66. The Morgan fingerprint density at radius 1 is 1.18 bits per heavy atom. The average Bonchev–Trinajstić information content (AvgIpc) is 2.79.